The number of hydrogen-bond donors (Lipinski definition) is 3. The predicted molar refractivity (Wildman–Crippen MR) is 91.2 cm³/mol. The summed E-state index contributed by atoms with van der Waals surface area (Å²) in [5.41, 5.74) is 4.78. The Morgan fingerprint density at radius 2 is 1.96 bits per heavy atom. The SMILES string of the molecule is CC(C)CC(CN)NC(=O)CCCN1C(=O)NC(C)(C)C1=O.Cl. The minimum atomic E-state index is -0.860. The van der Waals surface area contributed by atoms with E-state index in [-0.39, 0.29) is 43.2 Å². The molecule has 0 aromatic heterocycles. The highest BCUT2D eigenvalue weighted by Crippen LogP contribution is 2.17. The summed E-state index contributed by atoms with van der Waals surface area (Å²) < 4.78 is 0. The third-order valence-electron chi connectivity index (χ3n) is 3.64. The number of imide groups is 1. The van der Waals surface area contributed by atoms with Crippen molar-refractivity contribution in [3.05, 3.63) is 0 Å². The van der Waals surface area contributed by atoms with Crippen LogP contribution in [0.2, 0.25) is 0 Å². The Kier molecular flexibility index (Phi) is 8.55. The van der Waals surface area contributed by atoms with Crippen LogP contribution >= 0.6 is 12.4 Å². The fourth-order valence-corrected chi connectivity index (χ4v) is 2.50. The van der Waals surface area contributed by atoms with E-state index in [1.165, 1.54) is 4.90 Å². The molecule has 1 fully saturated rings. The maximum atomic E-state index is 12.0. The average Bonchev–Trinajstić information content (AvgIpc) is 2.59. The van der Waals surface area contributed by atoms with E-state index in [9.17, 15) is 14.4 Å². The van der Waals surface area contributed by atoms with Gasteiger partial charge in [-0.2, -0.15) is 0 Å². The fourth-order valence-electron chi connectivity index (χ4n) is 2.50. The first-order chi connectivity index (χ1) is 10.2. The Balaban J connectivity index is 0.00000484. The molecule has 1 aliphatic rings. The van der Waals surface area contributed by atoms with E-state index >= 15 is 0 Å². The Hall–Kier alpha value is -1.34. The molecule has 1 saturated heterocycles. The molecule has 8 heteroatoms. The molecule has 1 rings (SSSR count). The molecule has 0 saturated carbocycles. The second-order valence-corrected chi connectivity index (χ2v) is 6.75. The molecule has 4 N–H and O–H groups in total. The van der Waals surface area contributed by atoms with Crippen molar-refractivity contribution in [2.45, 2.75) is 58.5 Å². The molecule has 0 radical (unpaired) electrons. The van der Waals surface area contributed by atoms with Crippen LogP contribution in [0.15, 0.2) is 0 Å². The summed E-state index contributed by atoms with van der Waals surface area (Å²) >= 11 is 0. The summed E-state index contributed by atoms with van der Waals surface area (Å²) in [4.78, 5) is 36.7. The van der Waals surface area contributed by atoms with Gasteiger partial charge in [-0.15, -0.1) is 12.4 Å². The number of urea groups is 1. The van der Waals surface area contributed by atoms with E-state index in [1.807, 2.05) is 0 Å². The topological polar surface area (TPSA) is 105 Å². The monoisotopic (exact) mass is 348 g/mol. The van der Waals surface area contributed by atoms with Crippen LogP contribution in [0.1, 0.15) is 47.0 Å². The molecule has 1 atom stereocenters. The lowest BCUT2D eigenvalue weighted by molar-refractivity contribution is -0.130. The molecule has 0 aromatic rings. The fraction of sp³-hybridized carbons (Fsp3) is 0.800. The Morgan fingerprint density at radius 3 is 2.39 bits per heavy atom. The second kappa shape index (κ2) is 9.08. The molecule has 1 heterocycles. The van der Waals surface area contributed by atoms with E-state index in [1.54, 1.807) is 13.8 Å². The number of rotatable bonds is 8. The number of carbonyl (C=O) groups is 3. The van der Waals surface area contributed by atoms with Gasteiger partial charge in [0.05, 0.1) is 0 Å². The molecular formula is C15H29ClN4O3. The molecule has 0 aromatic carbocycles. The van der Waals surface area contributed by atoms with E-state index in [4.69, 9.17) is 5.73 Å². The average molecular weight is 349 g/mol. The van der Waals surface area contributed by atoms with Gasteiger partial charge in [0, 0.05) is 25.6 Å². The number of carbonyl (C=O) groups excluding carboxylic acids is 3. The minimum absolute atomic E-state index is 0. The van der Waals surface area contributed by atoms with Gasteiger partial charge in [-0.3, -0.25) is 14.5 Å². The summed E-state index contributed by atoms with van der Waals surface area (Å²) in [5.74, 6) is 0.113. The molecule has 1 unspecified atom stereocenters. The summed E-state index contributed by atoms with van der Waals surface area (Å²) in [5, 5.41) is 5.51. The largest absolute Gasteiger partial charge is 0.352 e. The number of nitrogens with zero attached hydrogens (tertiary/aromatic N) is 1. The highest BCUT2D eigenvalue weighted by molar-refractivity contribution is 6.06. The van der Waals surface area contributed by atoms with Gasteiger partial charge in [-0.25, -0.2) is 4.79 Å². The number of halogens is 1. The van der Waals surface area contributed by atoms with Crippen molar-refractivity contribution in [2.75, 3.05) is 13.1 Å². The van der Waals surface area contributed by atoms with Crippen LogP contribution in [0.3, 0.4) is 0 Å². The molecule has 7 nitrogen and oxygen atoms in total. The van der Waals surface area contributed by atoms with Crippen molar-refractivity contribution < 1.29 is 14.4 Å². The molecule has 0 bridgehead atoms. The molecule has 134 valence electrons. The number of hydrogen-bond acceptors (Lipinski definition) is 4. The normalized spacial score (nSPS) is 17.7. The highest BCUT2D eigenvalue weighted by Gasteiger charge is 2.43. The first-order valence-electron chi connectivity index (χ1n) is 7.81. The summed E-state index contributed by atoms with van der Waals surface area (Å²) in [6, 6.07) is -0.418. The highest BCUT2D eigenvalue weighted by atomic mass is 35.5. The van der Waals surface area contributed by atoms with Crippen LogP contribution < -0.4 is 16.4 Å². The smallest absolute Gasteiger partial charge is 0.325 e. The summed E-state index contributed by atoms with van der Waals surface area (Å²) in [7, 11) is 0. The number of amides is 4. The first-order valence-corrected chi connectivity index (χ1v) is 7.81. The van der Waals surface area contributed by atoms with Crippen LogP contribution in [0.5, 0.6) is 0 Å². The van der Waals surface area contributed by atoms with Crippen molar-refractivity contribution in [1.82, 2.24) is 15.5 Å². The maximum absolute atomic E-state index is 12.0. The summed E-state index contributed by atoms with van der Waals surface area (Å²) in [6.45, 7) is 8.14. The van der Waals surface area contributed by atoms with Crippen LogP contribution in [-0.2, 0) is 9.59 Å². The van der Waals surface area contributed by atoms with Gasteiger partial charge in [-0.05, 0) is 32.6 Å². The quantitative estimate of drug-likeness (QED) is 0.569. The van der Waals surface area contributed by atoms with Gasteiger partial charge in [-0.1, -0.05) is 13.8 Å². The number of nitrogens with two attached hydrogens (primary N) is 1. The zero-order valence-corrected chi connectivity index (χ0v) is 15.2. The summed E-state index contributed by atoms with van der Waals surface area (Å²) in [6.07, 6.45) is 1.55. The molecule has 23 heavy (non-hydrogen) atoms. The van der Waals surface area contributed by atoms with E-state index in [0.29, 0.717) is 18.9 Å². The van der Waals surface area contributed by atoms with Crippen molar-refractivity contribution in [2.24, 2.45) is 11.7 Å². The molecule has 0 spiro atoms. The standard InChI is InChI=1S/C15H28N4O3.ClH/c1-10(2)8-11(9-16)17-12(20)6-5-7-19-13(21)15(3,4)18-14(19)22;/h10-11H,5-9,16H2,1-4H3,(H,17,20)(H,18,22);1H. The molecule has 4 amide bonds. The van der Waals surface area contributed by atoms with Crippen LogP contribution in [0.25, 0.3) is 0 Å². The van der Waals surface area contributed by atoms with Gasteiger partial charge < -0.3 is 16.4 Å². The van der Waals surface area contributed by atoms with Crippen molar-refractivity contribution >= 4 is 30.3 Å². The van der Waals surface area contributed by atoms with E-state index < -0.39 is 11.6 Å². The van der Waals surface area contributed by atoms with E-state index in [2.05, 4.69) is 24.5 Å². The Bertz CT molecular complexity index is 440. The third kappa shape index (κ3) is 6.35. The van der Waals surface area contributed by atoms with Crippen LogP contribution in [0.4, 0.5) is 4.79 Å². The number of nitrogens with one attached hydrogen (secondary N) is 2. The second-order valence-electron chi connectivity index (χ2n) is 6.75. The van der Waals surface area contributed by atoms with Gasteiger partial charge in [0.1, 0.15) is 5.54 Å². The van der Waals surface area contributed by atoms with Gasteiger partial charge in [0.15, 0.2) is 0 Å². The lowest BCUT2D eigenvalue weighted by Gasteiger charge is -2.19. The van der Waals surface area contributed by atoms with Crippen molar-refractivity contribution in [3.8, 4) is 0 Å². The lowest BCUT2D eigenvalue weighted by Crippen LogP contribution is -2.41. The van der Waals surface area contributed by atoms with Gasteiger partial charge in [0.2, 0.25) is 5.91 Å². The maximum Gasteiger partial charge on any atom is 0.325 e. The van der Waals surface area contributed by atoms with Crippen LogP contribution in [0, 0.1) is 5.92 Å². The van der Waals surface area contributed by atoms with Gasteiger partial charge in [0.25, 0.3) is 5.91 Å². The predicted octanol–water partition coefficient (Wildman–Crippen LogP) is 1.01. The molecule has 0 aliphatic carbocycles. The zero-order chi connectivity index (χ0) is 16.9. The van der Waals surface area contributed by atoms with E-state index in [0.717, 1.165) is 6.42 Å². The van der Waals surface area contributed by atoms with Gasteiger partial charge >= 0.3 is 6.03 Å². The third-order valence-corrected chi connectivity index (χ3v) is 3.64. The molecule has 1 aliphatic heterocycles. The van der Waals surface area contributed by atoms with Crippen molar-refractivity contribution in [3.63, 3.8) is 0 Å². The lowest BCUT2D eigenvalue weighted by atomic mass is 10.0. The Labute approximate surface area is 144 Å². The molecular weight excluding hydrogens is 320 g/mol. The minimum Gasteiger partial charge on any atom is -0.352 e. The zero-order valence-electron chi connectivity index (χ0n) is 14.3. The van der Waals surface area contributed by atoms with Crippen LogP contribution in [-0.4, -0.2) is 47.4 Å². The van der Waals surface area contributed by atoms with Crippen molar-refractivity contribution in [1.29, 1.82) is 0 Å². The first kappa shape index (κ1) is 21.7. The Morgan fingerprint density at radius 1 is 1.35 bits per heavy atom.